The zero-order valence-corrected chi connectivity index (χ0v) is 11.7. The molecule has 0 spiro atoms. The van der Waals surface area contributed by atoms with Gasteiger partial charge >= 0.3 is 0 Å². The summed E-state index contributed by atoms with van der Waals surface area (Å²) in [4.78, 5) is 0. The van der Waals surface area contributed by atoms with Crippen molar-refractivity contribution in [1.29, 1.82) is 0 Å². The molecule has 0 saturated heterocycles. The molecule has 2 aromatic carbocycles. The van der Waals surface area contributed by atoms with Crippen LogP contribution in [0.25, 0.3) is 0 Å². The van der Waals surface area contributed by atoms with Crippen LogP contribution in [0.2, 0.25) is 5.02 Å². The molecule has 0 unspecified atom stereocenters. The van der Waals surface area contributed by atoms with Gasteiger partial charge in [0.05, 0.1) is 3.57 Å². The second-order valence-corrected chi connectivity index (χ2v) is 5.09. The quantitative estimate of drug-likeness (QED) is 0.722. The van der Waals surface area contributed by atoms with Crippen LogP contribution >= 0.6 is 34.2 Å². The smallest absolute Gasteiger partial charge is 0.133 e. The minimum Gasteiger partial charge on any atom is -0.488 e. The first-order chi connectivity index (χ1) is 8.15. The van der Waals surface area contributed by atoms with E-state index in [0.29, 0.717) is 11.6 Å². The van der Waals surface area contributed by atoms with Crippen molar-refractivity contribution < 1.29 is 9.13 Å². The van der Waals surface area contributed by atoms with Crippen molar-refractivity contribution in [3.8, 4) is 5.75 Å². The highest BCUT2D eigenvalue weighted by atomic mass is 127. The molecule has 0 aromatic heterocycles. The van der Waals surface area contributed by atoms with E-state index in [1.54, 1.807) is 18.2 Å². The van der Waals surface area contributed by atoms with Gasteiger partial charge in [-0.05, 0) is 58.5 Å². The maximum Gasteiger partial charge on any atom is 0.133 e. The minimum absolute atomic E-state index is 0.241. The van der Waals surface area contributed by atoms with Crippen molar-refractivity contribution in [3.63, 3.8) is 0 Å². The Morgan fingerprint density at radius 2 is 1.82 bits per heavy atom. The largest absolute Gasteiger partial charge is 0.488 e. The van der Waals surface area contributed by atoms with Gasteiger partial charge in [0.25, 0.3) is 0 Å². The molecule has 0 aliphatic heterocycles. The monoisotopic (exact) mass is 362 g/mol. The summed E-state index contributed by atoms with van der Waals surface area (Å²) in [5, 5.41) is 0.684. The average Bonchev–Trinajstić information content (AvgIpc) is 2.30. The molecule has 0 saturated carbocycles. The standard InChI is InChI=1S/C13H9ClFIO/c14-10-3-6-13(12(16)7-10)17-8-9-1-4-11(15)5-2-9/h1-7H,8H2. The van der Waals surface area contributed by atoms with Crippen LogP contribution in [0, 0.1) is 9.39 Å². The molecule has 0 atom stereocenters. The molecule has 17 heavy (non-hydrogen) atoms. The second kappa shape index (κ2) is 5.69. The van der Waals surface area contributed by atoms with Crippen LogP contribution in [0.15, 0.2) is 42.5 Å². The van der Waals surface area contributed by atoms with Gasteiger partial charge in [0, 0.05) is 5.02 Å². The summed E-state index contributed by atoms with van der Waals surface area (Å²) in [5.41, 5.74) is 0.928. The van der Waals surface area contributed by atoms with E-state index >= 15 is 0 Å². The first-order valence-corrected chi connectivity index (χ1v) is 6.43. The van der Waals surface area contributed by atoms with Gasteiger partial charge in [-0.25, -0.2) is 4.39 Å². The molecule has 0 radical (unpaired) electrons. The molecule has 0 N–H and O–H groups in total. The summed E-state index contributed by atoms with van der Waals surface area (Å²) < 4.78 is 19.3. The third-order valence-corrected chi connectivity index (χ3v) is 3.28. The number of ether oxygens (including phenoxy) is 1. The van der Waals surface area contributed by atoms with Gasteiger partial charge < -0.3 is 4.74 Å². The van der Waals surface area contributed by atoms with Gasteiger partial charge in [-0.1, -0.05) is 23.7 Å². The fourth-order valence-electron chi connectivity index (χ4n) is 1.33. The van der Waals surface area contributed by atoms with Crippen LogP contribution in [0.4, 0.5) is 4.39 Å². The summed E-state index contributed by atoms with van der Waals surface area (Å²) >= 11 is 8.01. The van der Waals surface area contributed by atoms with Crippen molar-refractivity contribution in [2.75, 3.05) is 0 Å². The molecule has 2 aromatic rings. The van der Waals surface area contributed by atoms with Crippen LogP contribution in [0.5, 0.6) is 5.75 Å². The molecule has 4 heteroatoms. The van der Waals surface area contributed by atoms with E-state index in [2.05, 4.69) is 22.6 Å². The van der Waals surface area contributed by atoms with Gasteiger partial charge in [0.2, 0.25) is 0 Å². The van der Waals surface area contributed by atoms with Gasteiger partial charge in [0.15, 0.2) is 0 Å². The molecule has 0 aliphatic carbocycles. The SMILES string of the molecule is Fc1ccc(COc2ccc(Cl)cc2I)cc1. The molecule has 0 amide bonds. The first kappa shape index (κ1) is 12.6. The summed E-state index contributed by atoms with van der Waals surface area (Å²) in [6, 6.07) is 11.7. The second-order valence-electron chi connectivity index (χ2n) is 3.49. The number of hydrogen-bond donors (Lipinski definition) is 0. The van der Waals surface area contributed by atoms with Crippen LogP contribution in [0.3, 0.4) is 0 Å². The van der Waals surface area contributed by atoms with Crippen LogP contribution in [-0.4, -0.2) is 0 Å². The van der Waals surface area contributed by atoms with Gasteiger partial charge in [-0.2, -0.15) is 0 Å². The molecule has 0 fully saturated rings. The van der Waals surface area contributed by atoms with E-state index in [1.165, 1.54) is 12.1 Å². The van der Waals surface area contributed by atoms with Crippen LogP contribution in [-0.2, 0) is 6.61 Å². The molecule has 88 valence electrons. The third kappa shape index (κ3) is 3.57. The summed E-state index contributed by atoms with van der Waals surface area (Å²) in [6.07, 6.45) is 0. The number of halogens is 3. The summed E-state index contributed by atoms with van der Waals surface area (Å²) in [7, 11) is 0. The van der Waals surface area contributed by atoms with E-state index in [1.807, 2.05) is 12.1 Å². The van der Waals surface area contributed by atoms with Crippen molar-refractivity contribution in [2.45, 2.75) is 6.61 Å². The zero-order chi connectivity index (χ0) is 12.3. The average molecular weight is 363 g/mol. The fraction of sp³-hybridized carbons (Fsp3) is 0.0769. The van der Waals surface area contributed by atoms with Crippen molar-refractivity contribution in [2.24, 2.45) is 0 Å². The van der Waals surface area contributed by atoms with E-state index < -0.39 is 0 Å². The highest BCUT2D eigenvalue weighted by Gasteiger charge is 2.02. The normalized spacial score (nSPS) is 10.3. The topological polar surface area (TPSA) is 9.23 Å². The zero-order valence-electron chi connectivity index (χ0n) is 8.79. The molecular formula is C13H9ClFIO. The summed E-state index contributed by atoms with van der Waals surface area (Å²) in [5.74, 6) is 0.536. The molecule has 1 nitrogen and oxygen atoms in total. The van der Waals surface area contributed by atoms with E-state index in [-0.39, 0.29) is 5.82 Å². The Kier molecular flexibility index (Phi) is 4.23. The number of benzene rings is 2. The molecule has 0 bridgehead atoms. The Labute approximate surface area is 118 Å². The highest BCUT2D eigenvalue weighted by Crippen LogP contribution is 2.25. The lowest BCUT2D eigenvalue weighted by Gasteiger charge is -2.08. The Balaban J connectivity index is 2.04. The molecule has 2 rings (SSSR count). The van der Waals surface area contributed by atoms with Gasteiger partial charge in [-0.15, -0.1) is 0 Å². The summed E-state index contributed by atoms with van der Waals surface area (Å²) in [6.45, 7) is 0.415. The van der Waals surface area contributed by atoms with Crippen molar-refractivity contribution >= 4 is 34.2 Å². The van der Waals surface area contributed by atoms with E-state index in [9.17, 15) is 4.39 Å². The van der Waals surface area contributed by atoms with Crippen LogP contribution in [0.1, 0.15) is 5.56 Å². The highest BCUT2D eigenvalue weighted by molar-refractivity contribution is 14.1. The third-order valence-electron chi connectivity index (χ3n) is 2.20. The Morgan fingerprint density at radius 3 is 2.47 bits per heavy atom. The Bertz CT molecular complexity index is 513. The van der Waals surface area contributed by atoms with Crippen molar-refractivity contribution in [3.05, 3.63) is 62.4 Å². The predicted molar refractivity (Wildman–Crippen MR) is 74.9 cm³/mol. The Hall–Kier alpha value is -0.810. The van der Waals surface area contributed by atoms with Gasteiger partial charge in [0.1, 0.15) is 18.2 Å². The number of rotatable bonds is 3. The van der Waals surface area contributed by atoms with E-state index in [4.69, 9.17) is 16.3 Å². The first-order valence-electron chi connectivity index (χ1n) is 4.97. The molecular weight excluding hydrogens is 353 g/mol. The lowest BCUT2D eigenvalue weighted by atomic mass is 10.2. The lowest BCUT2D eigenvalue weighted by molar-refractivity contribution is 0.304. The van der Waals surface area contributed by atoms with Crippen LogP contribution < -0.4 is 4.74 Å². The molecule has 0 heterocycles. The maximum atomic E-state index is 12.7. The fourth-order valence-corrected chi connectivity index (χ4v) is 2.36. The lowest BCUT2D eigenvalue weighted by Crippen LogP contribution is -1.96. The molecule has 0 aliphatic rings. The minimum atomic E-state index is -0.241. The van der Waals surface area contributed by atoms with Gasteiger partial charge in [-0.3, -0.25) is 0 Å². The predicted octanol–water partition coefficient (Wildman–Crippen LogP) is 4.66. The number of hydrogen-bond acceptors (Lipinski definition) is 1. The van der Waals surface area contributed by atoms with E-state index in [0.717, 1.165) is 14.9 Å². The Morgan fingerprint density at radius 1 is 1.12 bits per heavy atom. The maximum absolute atomic E-state index is 12.7. The van der Waals surface area contributed by atoms with Crippen molar-refractivity contribution in [1.82, 2.24) is 0 Å².